The molecule has 0 aliphatic carbocycles. The fraction of sp³-hybridized carbons (Fsp3) is 0.818. The summed E-state index contributed by atoms with van der Waals surface area (Å²) >= 11 is 1.51. The summed E-state index contributed by atoms with van der Waals surface area (Å²) in [4.78, 5) is 2.58. The van der Waals surface area contributed by atoms with E-state index in [0.29, 0.717) is 17.2 Å². The van der Waals surface area contributed by atoms with Crippen LogP contribution in [0.5, 0.6) is 0 Å². The van der Waals surface area contributed by atoms with E-state index in [1.165, 1.54) is 30.6 Å². The highest BCUT2D eigenvalue weighted by Gasteiger charge is 2.24. The summed E-state index contributed by atoms with van der Waals surface area (Å²) in [5, 5.41) is 9.55. The van der Waals surface area contributed by atoms with E-state index < -0.39 is 0 Å². The molecule has 1 aliphatic heterocycles. The third kappa shape index (κ3) is 2.71. The summed E-state index contributed by atoms with van der Waals surface area (Å²) < 4.78 is 0. The zero-order valence-electron chi connectivity index (χ0n) is 10.0. The van der Waals surface area contributed by atoms with Crippen LogP contribution in [0.4, 0.5) is 5.13 Å². The molecule has 90 valence electrons. The molecule has 5 heteroatoms. The second-order valence-corrected chi connectivity index (χ2v) is 5.74. The van der Waals surface area contributed by atoms with Crippen molar-refractivity contribution in [3.05, 3.63) is 5.01 Å². The van der Waals surface area contributed by atoms with Gasteiger partial charge in [0.1, 0.15) is 5.01 Å². The zero-order chi connectivity index (χ0) is 11.5. The van der Waals surface area contributed by atoms with E-state index in [0.717, 1.165) is 18.0 Å². The normalized spacial score (nSPS) is 27.1. The van der Waals surface area contributed by atoms with Crippen LogP contribution in [0.25, 0.3) is 0 Å². The minimum Gasteiger partial charge on any atom is -0.374 e. The van der Waals surface area contributed by atoms with Gasteiger partial charge in [-0.2, -0.15) is 0 Å². The van der Waals surface area contributed by atoms with Crippen molar-refractivity contribution in [3.8, 4) is 0 Å². The van der Waals surface area contributed by atoms with Gasteiger partial charge in [-0.15, -0.1) is 10.2 Å². The first-order valence-electron chi connectivity index (χ1n) is 6.00. The number of hydrogen-bond donors (Lipinski definition) is 1. The largest absolute Gasteiger partial charge is 0.374 e. The third-order valence-electron chi connectivity index (χ3n) is 3.44. The van der Waals surface area contributed by atoms with Gasteiger partial charge >= 0.3 is 0 Å². The monoisotopic (exact) mass is 240 g/mol. The topological polar surface area (TPSA) is 55.0 Å². The number of piperidine rings is 1. The van der Waals surface area contributed by atoms with Crippen molar-refractivity contribution < 1.29 is 0 Å². The lowest BCUT2D eigenvalue weighted by Crippen LogP contribution is -2.44. The van der Waals surface area contributed by atoms with E-state index >= 15 is 0 Å². The van der Waals surface area contributed by atoms with Crippen molar-refractivity contribution in [1.82, 2.24) is 15.1 Å². The van der Waals surface area contributed by atoms with Gasteiger partial charge in [-0.1, -0.05) is 17.8 Å². The second kappa shape index (κ2) is 5.10. The van der Waals surface area contributed by atoms with Crippen molar-refractivity contribution >= 4 is 16.5 Å². The van der Waals surface area contributed by atoms with E-state index in [1.54, 1.807) is 0 Å². The Hall–Kier alpha value is -0.680. The molecule has 0 spiro atoms. The minimum absolute atomic E-state index is 0.578. The van der Waals surface area contributed by atoms with Crippen LogP contribution in [-0.2, 0) is 6.42 Å². The Morgan fingerprint density at radius 3 is 2.56 bits per heavy atom. The second-order valence-electron chi connectivity index (χ2n) is 4.65. The molecule has 0 bridgehead atoms. The Morgan fingerprint density at radius 1 is 1.31 bits per heavy atom. The van der Waals surface area contributed by atoms with Crippen molar-refractivity contribution in [1.29, 1.82) is 0 Å². The molecule has 4 nitrogen and oxygen atoms in total. The molecule has 1 aromatic rings. The smallest absolute Gasteiger partial charge is 0.203 e. The Labute approximate surface area is 101 Å². The molecular formula is C11H20N4S. The zero-order valence-corrected chi connectivity index (χ0v) is 10.8. The minimum atomic E-state index is 0.578. The molecule has 2 unspecified atom stereocenters. The molecule has 1 fully saturated rings. The number of nitrogens with zero attached hydrogens (tertiary/aromatic N) is 3. The lowest BCUT2D eigenvalue weighted by molar-refractivity contribution is 0.105. The Bertz CT molecular complexity index is 328. The van der Waals surface area contributed by atoms with E-state index in [2.05, 4.69) is 28.9 Å². The molecule has 16 heavy (non-hydrogen) atoms. The van der Waals surface area contributed by atoms with Gasteiger partial charge in [-0.05, 0) is 26.7 Å². The molecule has 2 heterocycles. The molecule has 1 saturated heterocycles. The number of nitrogens with two attached hydrogens (primary N) is 1. The fourth-order valence-corrected chi connectivity index (χ4v) is 3.11. The van der Waals surface area contributed by atoms with Crippen LogP contribution in [0.2, 0.25) is 0 Å². The molecule has 0 saturated carbocycles. The van der Waals surface area contributed by atoms with Crippen LogP contribution in [0.15, 0.2) is 0 Å². The quantitative estimate of drug-likeness (QED) is 0.877. The van der Waals surface area contributed by atoms with Gasteiger partial charge in [0, 0.05) is 25.0 Å². The number of hydrogen-bond acceptors (Lipinski definition) is 5. The van der Waals surface area contributed by atoms with E-state index in [1.807, 2.05) is 0 Å². The van der Waals surface area contributed by atoms with Gasteiger partial charge in [-0.3, -0.25) is 4.90 Å². The Morgan fingerprint density at radius 2 is 2.00 bits per heavy atom. The van der Waals surface area contributed by atoms with E-state index in [-0.39, 0.29) is 0 Å². The summed E-state index contributed by atoms with van der Waals surface area (Å²) in [5.41, 5.74) is 5.57. The summed E-state index contributed by atoms with van der Waals surface area (Å²) in [5.74, 6) is 0. The first-order valence-corrected chi connectivity index (χ1v) is 6.82. The standard InChI is InChI=1S/C11H20N4S/c1-8-4-3-5-9(2)15(8)7-6-10-13-14-11(12)16-10/h8-9H,3-7H2,1-2H3,(H2,12,14). The highest BCUT2D eigenvalue weighted by molar-refractivity contribution is 7.15. The van der Waals surface area contributed by atoms with Crippen LogP contribution < -0.4 is 5.73 Å². The SMILES string of the molecule is CC1CCCC(C)N1CCc1nnc(N)s1. The Kier molecular flexibility index (Phi) is 3.76. The fourth-order valence-electron chi connectivity index (χ4n) is 2.51. The lowest BCUT2D eigenvalue weighted by atomic mass is 9.97. The highest BCUT2D eigenvalue weighted by atomic mass is 32.1. The maximum Gasteiger partial charge on any atom is 0.203 e. The molecular weight excluding hydrogens is 220 g/mol. The number of aromatic nitrogens is 2. The molecule has 2 atom stereocenters. The molecule has 0 radical (unpaired) electrons. The van der Waals surface area contributed by atoms with Crippen molar-refractivity contribution in [3.63, 3.8) is 0 Å². The van der Waals surface area contributed by atoms with E-state index in [4.69, 9.17) is 5.73 Å². The summed E-state index contributed by atoms with van der Waals surface area (Å²) in [6.45, 7) is 5.73. The van der Waals surface area contributed by atoms with Crippen molar-refractivity contribution in [2.75, 3.05) is 12.3 Å². The number of likely N-dealkylation sites (tertiary alicyclic amines) is 1. The summed E-state index contributed by atoms with van der Waals surface area (Å²) in [6, 6.07) is 1.41. The van der Waals surface area contributed by atoms with Crippen LogP contribution in [0.3, 0.4) is 0 Å². The van der Waals surface area contributed by atoms with E-state index in [9.17, 15) is 0 Å². The van der Waals surface area contributed by atoms with Crippen molar-refractivity contribution in [2.45, 2.75) is 51.6 Å². The molecule has 0 aromatic carbocycles. The maximum absolute atomic E-state index is 5.57. The van der Waals surface area contributed by atoms with Crippen LogP contribution in [-0.4, -0.2) is 33.7 Å². The average molecular weight is 240 g/mol. The van der Waals surface area contributed by atoms with Crippen molar-refractivity contribution in [2.24, 2.45) is 0 Å². The van der Waals surface area contributed by atoms with Crippen LogP contribution in [0.1, 0.15) is 38.1 Å². The van der Waals surface area contributed by atoms with Crippen LogP contribution in [0, 0.1) is 0 Å². The van der Waals surface area contributed by atoms with Crippen LogP contribution >= 0.6 is 11.3 Å². The predicted molar refractivity (Wildman–Crippen MR) is 67.5 cm³/mol. The summed E-state index contributed by atoms with van der Waals surface area (Å²) in [6.07, 6.45) is 4.99. The first-order chi connectivity index (χ1) is 7.66. The first kappa shape index (κ1) is 11.8. The number of anilines is 1. The lowest BCUT2D eigenvalue weighted by Gasteiger charge is -2.38. The third-order valence-corrected chi connectivity index (χ3v) is 4.25. The molecule has 0 amide bonds. The number of rotatable bonds is 3. The van der Waals surface area contributed by atoms with Gasteiger partial charge in [0.05, 0.1) is 0 Å². The average Bonchev–Trinajstić information content (AvgIpc) is 2.63. The predicted octanol–water partition coefficient (Wildman–Crippen LogP) is 1.93. The van der Waals surface area contributed by atoms with Gasteiger partial charge < -0.3 is 5.73 Å². The van der Waals surface area contributed by atoms with Gasteiger partial charge in [0.25, 0.3) is 0 Å². The Balaban J connectivity index is 1.88. The van der Waals surface area contributed by atoms with Gasteiger partial charge in [-0.25, -0.2) is 0 Å². The maximum atomic E-state index is 5.57. The molecule has 2 rings (SSSR count). The van der Waals surface area contributed by atoms with Gasteiger partial charge in [0.2, 0.25) is 5.13 Å². The number of nitrogen functional groups attached to an aromatic ring is 1. The molecule has 2 N–H and O–H groups in total. The molecule has 1 aliphatic rings. The highest BCUT2D eigenvalue weighted by Crippen LogP contribution is 2.23. The van der Waals surface area contributed by atoms with Gasteiger partial charge in [0.15, 0.2) is 0 Å². The molecule has 1 aromatic heterocycles. The summed E-state index contributed by atoms with van der Waals surface area (Å²) in [7, 11) is 0.